The summed E-state index contributed by atoms with van der Waals surface area (Å²) >= 11 is 0. The monoisotopic (exact) mass is 241 g/mol. The molecule has 0 spiro atoms. The lowest BCUT2D eigenvalue weighted by atomic mass is 10.1. The van der Waals surface area contributed by atoms with Gasteiger partial charge < -0.3 is 10.0 Å². The molecule has 0 bridgehead atoms. The number of halogens is 2. The van der Waals surface area contributed by atoms with Gasteiger partial charge in [0.2, 0.25) is 0 Å². The van der Waals surface area contributed by atoms with Crippen LogP contribution in [0.5, 0.6) is 0 Å². The maximum absolute atomic E-state index is 13.1. The maximum atomic E-state index is 13.1. The van der Waals surface area contributed by atoms with Gasteiger partial charge in [-0.15, -0.1) is 0 Å². The second-order valence-corrected chi connectivity index (χ2v) is 4.33. The molecular formula is C12H13F2NO2. The van der Waals surface area contributed by atoms with Crippen molar-refractivity contribution in [2.75, 3.05) is 18.0 Å². The number of nitrogens with zero attached hydrogens (tertiary/aromatic N) is 1. The molecule has 92 valence electrons. The fraction of sp³-hybridized carbons (Fsp3) is 0.417. The highest BCUT2D eigenvalue weighted by molar-refractivity contribution is 5.89. The number of carboxylic acids is 1. The second kappa shape index (κ2) is 3.98. The van der Waals surface area contributed by atoms with Crippen molar-refractivity contribution in [3.8, 4) is 0 Å². The van der Waals surface area contributed by atoms with E-state index in [1.54, 1.807) is 17.9 Å². The zero-order chi connectivity index (χ0) is 12.6. The smallest absolute Gasteiger partial charge is 0.335 e. The summed E-state index contributed by atoms with van der Waals surface area (Å²) < 4.78 is 26.2. The molecule has 1 aliphatic rings. The molecule has 0 unspecified atom stereocenters. The van der Waals surface area contributed by atoms with Gasteiger partial charge in [0.25, 0.3) is 5.92 Å². The van der Waals surface area contributed by atoms with Gasteiger partial charge in [-0.25, -0.2) is 13.6 Å². The molecule has 1 heterocycles. The SMILES string of the molecule is Cc1ccc(C(=O)O)cc1N1CCC(F)(F)C1. The predicted molar refractivity (Wildman–Crippen MR) is 59.9 cm³/mol. The van der Waals surface area contributed by atoms with E-state index < -0.39 is 11.9 Å². The van der Waals surface area contributed by atoms with E-state index in [0.717, 1.165) is 5.56 Å². The Morgan fingerprint density at radius 2 is 2.18 bits per heavy atom. The van der Waals surface area contributed by atoms with Crippen LogP contribution in [0, 0.1) is 6.92 Å². The molecule has 1 aliphatic heterocycles. The topological polar surface area (TPSA) is 40.5 Å². The first kappa shape index (κ1) is 11.8. The Balaban J connectivity index is 2.32. The number of benzene rings is 1. The van der Waals surface area contributed by atoms with Gasteiger partial charge in [0.15, 0.2) is 0 Å². The Morgan fingerprint density at radius 3 is 2.71 bits per heavy atom. The number of carboxylic acid groups (broad SMARTS) is 1. The summed E-state index contributed by atoms with van der Waals surface area (Å²) in [5.74, 6) is -3.72. The number of aryl methyl sites for hydroxylation is 1. The molecule has 5 heteroatoms. The van der Waals surface area contributed by atoms with Gasteiger partial charge in [-0.2, -0.15) is 0 Å². The number of rotatable bonds is 2. The van der Waals surface area contributed by atoms with Gasteiger partial charge >= 0.3 is 5.97 Å². The fourth-order valence-electron chi connectivity index (χ4n) is 2.02. The fourth-order valence-corrected chi connectivity index (χ4v) is 2.02. The summed E-state index contributed by atoms with van der Waals surface area (Å²) in [5.41, 5.74) is 1.52. The number of alkyl halides is 2. The zero-order valence-electron chi connectivity index (χ0n) is 9.41. The summed E-state index contributed by atoms with van der Waals surface area (Å²) in [7, 11) is 0. The maximum Gasteiger partial charge on any atom is 0.335 e. The highest BCUT2D eigenvalue weighted by atomic mass is 19.3. The number of hydrogen-bond donors (Lipinski definition) is 1. The average molecular weight is 241 g/mol. The summed E-state index contributed by atoms with van der Waals surface area (Å²) in [6.07, 6.45) is -0.177. The lowest BCUT2D eigenvalue weighted by Gasteiger charge is -2.20. The van der Waals surface area contributed by atoms with Gasteiger partial charge in [-0.05, 0) is 24.6 Å². The van der Waals surface area contributed by atoms with Gasteiger partial charge in [0, 0.05) is 18.7 Å². The molecule has 0 radical (unpaired) electrons. The van der Waals surface area contributed by atoms with Crippen molar-refractivity contribution < 1.29 is 18.7 Å². The van der Waals surface area contributed by atoms with Crippen molar-refractivity contribution >= 4 is 11.7 Å². The number of carbonyl (C=O) groups is 1. The minimum atomic E-state index is -2.67. The number of aromatic carboxylic acids is 1. The summed E-state index contributed by atoms with van der Waals surface area (Å²) in [5, 5.41) is 8.88. The van der Waals surface area contributed by atoms with Crippen molar-refractivity contribution in [1.29, 1.82) is 0 Å². The molecule has 0 aromatic heterocycles. The van der Waals surface area contributed by atoms with Crippen LogP contribution in [0.1, 0.15) is 22.3 Å². The van der Waals surface area contributed by atoms with E-state index in [9.17, 15) is 13.6 Å². The largest absolute Gasteiger partial charge is 0.478 e. The highest BCUT2D eigenvalue weighted by Gasteiger charge is 2.38. The van der Waals surface area contributed by atoms with Crippen molar-refractivity contribution in [3.05, 3.63) is 29.3 Å². The Bertz CT molecular complexity index is 460. The predicted octanol–water partition coefficient (Wildman–Crippen LogP) is 2.54. The van der Waals surface area contributed by atoms with E-state index in [0.29, 0.717) is 5.69 Å². The molecule has 0 amide bonds. The lowest BCUT2D eigenvalue weighted by molar-refractivity contribution is 0.0257. The molecule has 1 fully saturated rings. The van der Waals surface area contributed by atoms with Crippen molar-refractivity contribution in [1.82, 2.24) is 0 Å². The molecule has 2 rings (SSSR count). The van der Waals surface area contributed by atoms with Gasteiger partial charge in [0.05, 0.1) is 12.1 Å². The molecule has 0 atom stereocenters. The van der Waals surface area contributed by atoms with Gasteiger partial charge in [-0.3, -0.25) is 0 Å². The van der Waals surface area contributed by atoms with Crippen LogP contribution in [0.25, 0.3) is 0 Å². The Kier molecular flexibility index (Phi) is 2.77. The van der Waals surface area contributed by atoms with Crippen LogP contribution in [-0.2, 0) is 0 Å². The number of anilines is 1. The highest BCUT2D eigenvalue weighted by Crippen LogP contribution is 2.32. The lowest BCUT2D eigenvalue weighted by Crippen LogP contribution is -2.25. The molecule has 17 heavy (non-hydrogen) atoms. The van der Waals surface area contributed by atoms with Crippen molar-refractivity contribution in [2.24, 2.45) is 0 Å². The van der Waals surface area contributed by atoms with E-state index in [2.05, 4.69) is 0 Å². The standard InChI is InChI=1S/C12H13F2NO2/c1-8-2-3-9(11(16)17)6-10(8)15-5-4-12(13,14)7-15/h2-3,6H,4-5,7H2,1H3,(H,16,17). The minimum absolute atomic E-state index is 0.126. The first-order valence-corrected chi connectivity index (χ1v) is 5.36. The number of hydrogen-bond acceptors (Lipinski definition) is 2. The van der Waals surface area contributed by atoms with E-state index >= 15 is 0 Å². The van der Waals surface area contributed by atoms with Crippen LogP contribution >= 0.6 is 0 Å². The van der Waals surface area contributed by atoms with Crippen LogP contribution in [0.15, 0.2) is 18.2 Å². The molecular weight excluding hydrogens is 228 g/mol. The van der Waals surface area contributed by atoms with Crippen molar-refractivity contribution in [3.63, 3.8) is 0 Å². The third kappa shape index (κ3) is 2.38. The van der Waals surface area contributed by atoms with Crippen LogP contribution < -0.4 is 4.90 Å². The van der Waals surface area contributed by atoms with Crippen LogP contribution in [-0.4, -0.2) is 30.1 Å². The molecule has 3 nitrogen and oxygen atoms in total. The summed E-state index contributed by atoms with van der Waals surface area (Å²) in [6.45, 7) is 1.71. The average Bonchev–Trinajstić information content (AvgIpc) is 2.59. The normalized spacial score (nSPS) is 18.4. The third-order valence-electron chi connectivity index (χ3n) is 2.97. The van der Waals surface area contributed by atoms with Gasteiger partial charge in [-0.1, -0.05) is 6.07 Å². The summed E-state index contributed by atoms with van der Waals surface area (Å²) in [6, 6.07) is 4.59. The molecule has 0 aliphatic carbocycles. The van der Waals surface area contributed by atoms with E-state index in [1.807, 2.05) is 0 Å². The first-order chi connectivity index (χ1) is 7.89. The molecule has 0 saturated carbocycles. The van der Waals surface area contributed by atoms with Crippen molar-refractivity contribution in [2.45, 2.75) is 19.3 Å². The Morgan fingerprint density at radius 1 is 1.47 bits per heavy atom. The second-order valence-electron chi connectivity index (χ2n) is 4.33. The van der Waals surface area contributed by atoms with Crippen LogP contribution in [0.3, 0.4) is 0 Å². The molecule has 1 aromatic rings. The van der Waals surface area contributed by atoms with Crippen LogP contribution in [0.4, 0.5) is 14.5 Å². The van der Waals surface area contributed by atoms with Crippen LogP contribution in [0.2, 0.25) is 0 Å². The zero-order valence-corrected chi connectivity index (χ0v) is 9.41. The van der Waals surface area contributed by atoms with E-state index in [4.69, 9.17) is 5.11 Å². The molecule has 1 N–H and O–H groups in total. The van der Waals surface area contributed by atoms with Gasteiger partial charge in [0.1, 0.15) is 0 Å². The molecule has 1 saturated heterocycles. The quantitative estimate of drug-likeness (QED) is 0.865. The van der Waals surface area contributed by atoms with E-state index in [1.165, 1.54) is 12.1 Å². The minimum Gasteiger partial charge on any atom is -0.478 e. The Labute approximate surface area is 97.7 Å². The molecule has 1 aromatic carbocycles. The summed E-state index contributed by atoms with van der Waals surface area (Å²) in [4.78, 5) is 12.4. The third-order valence-corrected chi connectivity index (χ3v) is 2.97. The first-order valence-electron chi connectivity index (χ1n) is 5.36. The Hall–Kier alpha value is -1.65. The van der Waals surface area contributed by atoms with E-state index in [-0.39, 0.29) is 25.1 Å².